The fourth-order valence-electron chi connectivity index (χ4n) is 1.93. The van der Waals surface area contributed by atoms with Crippen molar-refractivity contribution in [2.45, 2.75) is 39.2 Å². The molecule has 0 saturated heterocycles. The molecule has 0 aliphatic heterocycles. The average Bonchev–Trinajstić information content (AvgIpc) is 2.47. The molecule has 4 nitrogen and oxygen atoms in total. The smallest absolute Gasteiger partial charge is 0.197 e. The van der Waals surface area contributed by atoms with Gasteiger partial charge in [0.1, 0.15) is 0 Å². The molecule has 1 saturated carbocycles. The molecule has 16 heavy (non-hydrogen) atoms. The largest absolute Gasteiger partial charge is 0.487 e. The van der Waals surface area contributed by atoms with Crippen molar-refractivity contribution in [1.82, 2.24) is 4.37 Å². The molecule has 0 spiro atoms. The molecule has 3 N–H and O–H groups in total. The summed E-state index contributed by atoms with van der Waals surface area (Å²) in [5, 5.41) is 4.44. The summed E-state index contributed by atoms with van der Waals surface area (Å²) in [6, 6.07) is 0.479. The van der Waals surface area contributed by atoms with Crippen molar-refractivity contribution < 1.29 is 4.74 Å². The number of anilines is 2. The van der Waals surface area contributed by atoms with E-state index in [1.807, 2.05) is 6.92 Å². The van der Waals surface area contributed by atoms with Crippen LogP contribution in [-0.4, -0.2) is 17.0 Å². The van der Waals surface area contributed by atoms with Crippen molar-refractivity contribution in [2.75, 3.05) is 17.7 Å². The summed E-state index contributed by atoms with van der Waals surface area (Å²) in [7, 11) is 0. The van der Waals surface area contributed by atoms with E-state index in [2.05, 4.69) is 16.6 Å². The van der Waals surface area contributed by atoms with Gasteiger partial charge in [0, 0.05) is 6.04 Å². The molecule has 1 atom stereocenters. The lowest BCUT2D eigenvalue weighted by Gasteiger charge is -2.32. The van der Waals surface area contributed by atoms with Gasteiger partial charge in [-0.2, -0.15) is 4.37 Å². The fourth-order valence-corrected chi connectivity index (χ4v) is 2.69. The first kappa shape index (κ1) is 11.5. The molecule has 0 bridgehead atoms. The van der Waals surface area contributed by atoms with E-state index in [4.69, 9.17) is 10.5 Å². The van der Waals surface area contributed by atoms with Crippen molar-refractivity contribution in [3.63, 3.8) is 0 Å². The van der Waals surface area contributed by atoms with Gasteiger partial charge in [0.25, 0.3) is 0 Å². The molecule has 1 aliphatic carbocycles. The molecular formula is C11H19N3OS. The molecule has 0 amide bonds. The van der Waals surface area contributed by atoms with Gasteiger partial charge in [-0.3, -0.25) is 0 Å². The van der Waals surface area contributed by atoms with Crippen LogP contribution in [0.4, 0.5) is 10.8 Å². The first-order valence-corrected chi connectivity index (χ1v) is 6.64. The molecular weight excluding hydrogens is 222 g/mol. The van der Waals surface area contributed by atoms with Crippen molar-refractivity contribution >= 4 is 22.4 Å². The highest BCUT2D eigenvalue weighted by Gasteiger charge is 2.25. The third-order valence-electron chi connectivity index (χ3n) is 3.18. The third kappa shape index (κ3) is 2.24. The molecule has 1 aromatic rings. The summed E-state index contributed by atoms with van der Waals surface area (Å²) in [6.45, 7) is 4.79. The molecule has 1 heterocycles. The Balaban J connectivity index is 2.02. The molecule has 0 aromatic carbocycles. The van der Waals surface area contributed by atoms with Crippen LogP contribution in [0.5, 0.6) is 5.75 Å². The van der Waals surface area contributed by atoms with Crippen LogP contribution in [0.25, 0.3) is 0 Å². The minimum absolute atomic E-state index is 0.479. The van der Waals surface area contributed by atoms with Gasteiger partial charge >= 0.3 is 0 Å². The highest BCUT2D eigenvalue weighted by atomic mass is 32.1. The van der Waals surface area contributed by atoms with Gasteiger partial charge in [-0.1, -0.05) is 6.42 Å². The molecule has 2 rings (SSSR count). The second-order valence-electron chi connectivity index (χ2n) is 4.28. The van der Waals surface area contributed by atoms with Gasteiger partial charge in [0.2, 0.25) is 0 Å². The Morgan fingerprint density at radius 1 is 1.62 bits per heavy atom. The van der Waals surface area contributed by atoms with Gasteiger partial charge in [0.05, 0.1) is 6.61 Å². The number of aromatic nitrogens is 1. The highest BCUT2D eigenvalue weighted by molar-refractivity contribution is 7.11. The Morgan fingerprint density at radius 3 is 2.94 bits per heavy atom. The number of hydrogen-bond acceptors (Lipinski definition) is 5. The number of nitrogens with one attached hydrogen (secondary N) is 1. The lowest BCUT2D eigenvalue weighted by atomic mass is 9.80. The summed E-state index contributed by atoms with van der Waals surface area (Å²) in [4.78, 5) is 0. The van der Waals surface area contributed by atoms with E-state index in [1.165, 1.54) is 30.8 Å². The molecule has 1 aromatic heterocycles. The maximum Gasteiger partial charge on any atom is 0.197 e. The number of ether oxygens (including phenoxy) is 1. The zero-order valence-corrected chi connectivity index (χ0v) is 10.6. The first-order chi connectivity index (χ1) is 7.72. The number of hydrogen-bond donors (Lipinski definition) is 2. The zero-order valence-electron chi connectivity index (χ0n) is 9.82. The molecule has 0 radical (unpaired) electrons. The quantitative estimate of drug-likeness (QED) is 0.832. The maximum atomic E-state index is 5.76. The van der Waals surface area contributed by atoms with E-state index in [0.717, 1.165) is 16.7 Å². The average molecular weight is 241 g/mol. The highest BCUT2D eigenvalue weighted by Crippen LogP contribution is 2.38. The Kier molecular flexibility index (Phi) is 3.53. The topological polar surface area (TPSA) is 60.2 Å². The summed E-state index contributed by atoms with van der Waals surface area (Å²) in [6.07, 6.45) is 4.01. The van der Waals surface area contributed by atoms with Crippen molar-refractivity contribution in [3.8, 4) is 5.75 Å². The second kappa shape index (κ2) is 4.91. The third-order valence-corrected chi connectivity index (χ3v) is 3.95. The predicted molar refractivity (Wildman–Crippen MR) is 68.1 cm³/mol. The summed E-state index contributed by atoms with van der Waals surface area (Å²) in [5.74, 6) is 2.01. The Morgan fingerprint density at radius 2 is 2.38 bits per heavy atom. The monoisotopic (exact) mass is 241 g/mol. The predicted octanol–water partition coefficient (Wildman–Crippen LogP) is 2.72. The van der Waals surface area contributed by atoms with Crippen molar-refractivity contribution in [1.29, 1.82) is 0 Å². The number of nitrogen functional groups attached to an aromatic ring is 1. The van der Waals surface area contributed by atoms with E-state index in [0.29, 0.717) is 18.5 Å². The fraction of sp³-hybridized carbons (Fsp3) is 0.727. The Hall–Kier alpha value is -0.970. The van der Waals surface area contributed by atoms with E-state index >= 15 is 0 Å². The van der Waals surface area contributed by atoms with E-state index < -0.39 is 0 Å². The summed E-state index contributed by atoms with van der Waals surface area (Å²) in [5.41, 5.74) is 5.76. The Bertz CT molecular complexity index is 349. The molecule has 1 aliphatic rings. The molecule has 90 valence electrons. The minimum Gasteiger partial charge on any atom is -0.487 e. The van der Waals surface area contributed by atoms with Gasteiger partial charge in [-0.15, -0.1) is 0 Å². The van der Waals surface area contributed by atoms with E-state index in [9.17, 15) is 0 Å². The van der Waals surface area contributed by atoms with Gasteiger partial charge < -0.3 is 15.8 Å². The molecule has 5 heteroatoms. The van der Waals surface area contributed by atoms with Crippen LogP contribution >= 0.6 is 11.5 Å². The molecule has 1 unspecified atom stereocenters. The van der Waals surface area contributed by atoms with Crippen molar-refractivity contribution in [3.05, 3.63) is 0 Å². The summed E-state index contributed by atoms with van der Waals surface area (Å²) < 4.78 is 9.62. The van der Waals surface area contributed by atoms with Crippen LogP contribution < -0.4 is 15.8 Å². The number of nitrogens with two attached hydrogens (primary N) is 1. The zero-order chi connectivity index (χ0) is 11.5. The van der Waals surface area contributed by atoms with Gasteiger partial charge in [-0.25, -0.2) is 0 Å². The van der Waals surface area contributed by atoms with Gasteiger partial charge in [0.15, 0.2) is 16.6 Å². The number of rotatable bonds is 5. The normalized spacial score (nSPS) is 17.9. The lowest BCUT2D eigenvalue weighted by molar-refractivity contribution is 0.284. The van der Waals surface area contributed by atoms with Crippen LogP contribution in [0.2, 0.25) is 0 Å². The summed E-state index contributed by atoms with van der Waals surface area (Å²) >= 11 is 1.39. The lowest BCUT2D eigenvalue weighted by Crippen LogP contribution is -2.30. The van der Waals surface area contributed by atoms with Crippen LogP contribution in [0, 0.1) is 5.92 Å². The minimum atomic E-state index is 0.479. The maximum absolute atomic E-state index is 5.76. The van der Waals surface area contributed by atoms with Crippen molar-refractivity contribution in [2.24, 2.45) is 5.92 Å². The Labute approximate surface area is 100 Å². The van der Waals surface area contributed by atoms with Crippen LogP contribution in [0.15, 0.2) is 0 Å². The molecule has 1 fully saturated rings. The van der Waals surface area contributed by atoms with E-state index in [1.54, 1.807) is 0 Å². The SMILES string of the molecule is CCOc1c(N)nsc1NC(C)C1CCC1. The number of nitrogens with zero attached hydrogens (tertiary/aromatic N) is 1. The first-order valence-electron chi connectivity index (χ1n) is 5.86. The van der Waals surface area contributed by atoms with Crippen LogP contribution in [-0.2, 0) is 0 Å². The second-order valence-corrected chi connectivity index (χ2v) is 5.06. The van der Waals surface area contributed by atoms with Crippen LogP contribution in [0.3, 0.4) is 0 Å². The van der Waals surface area contributed by atoms with Gasteiger partial charge in [-0.05, 0) is 44.1 Å². The standard InChI is InChI=1S/C11H19N3OS/c1-3-15-9-10(12)14-16-11(9)13-7(2)8-5-4-6-8/h7-8,13H,3-6H2,1-2H3,(H2,12,14). The van der Waals surface area contributed by atoms with E-state index in [-0.39, 0.29) is 0 Å². The van der Waals surface area contributed by atoms with Crippen LogP contribution in [0.1, 0.15) is 33.1 Å².